The number of carbonyl (C=O) groups excluding carboxylic acids is 1. The molecule has 1 amide bonds. The van der Waals surface area contributed by atoms with E-state index in [1.807, 2.05) is 35.0 Å². The summed E-state index contributed by atoms with van der Waals surface area (Å²) in [5, 5.41) is 12.5. The van der Waals surface area contributed by atoms with Crippen LogP contribution in [0.5, 0.6) is 0 Å². The van der Waals surface area contributed by atoms with Gasteiger partial charge >= 0.3 is 5.97 Å². The Kier molecular flexibility index (Phi) is 3.90. The van der Waals surface area contributed by atoms with Crippen molar-refractivity contribution in [2.75, 3.05) is 0 Å². The average molecular weight is 325 g/mol. The lowest BCUT2D eigenvalue weighted by molar-refractivity contribution is -0.141. The van der Waals surface area contributed by atoms with Crippen LogP contribution in [-0.4, -0.2) is 27.6 Å². The lowest BCUT2D eigenvalue weighted by Gasteiger charge is -2.15. The van der Waals surface area contributed by atoms with Crippen LogP contribution >= 0.6 is 15.9 Å². The van der Waals surface area contributed by atoms with Gasteiger partial charge in [-0.25, -0.2) is 4.79 Å². The van der Waals surface area contributed by atoms with Crippen LogP contribution in [0.2, 0.25) is 0 Å². The van der Waals surface area contributed by atoms with Crippen LogP contribution < -0.4 is 5.32 Å². The van der Waals surface area contributed by atoms with Gasteiger partial charge in [-0.3, -0.25) is 4.79 Å². The molecule has 0 aliphatic rings. The fourth-order valence-corrected chi connectivity index (χ4v) is 2.34. The zero-order valence-corrected chi connectivity index (χ0v) is 11.8. The number of benzene rings is 1. The lowest BCUT2D eigenvalue weighted by atomic mass is 10.2. The summed E-state index contributed by atoms with van der Waals surface area (Å²) in [7, 11) is 0. The Hall–Kier alpha value is -1.82. The highest BCUT2D eigenvalue weighted by Crippen LogP contribution is 2.21. The minimum Gasteiger partial charge on any atom is -0.480 e. The summed E-state index contributed by atoms with van der Waals surface area (Å²) in [5.74, 6) is -1.40. The maximum absolute atomic E-state index is 11.1. The van der Waals surface area contributed by atoms with Crippen LogP contribution in [0.1, 0.15) is 6.92 Å². The predicted molar refractivity (Wildman–Crippen MR) is 74.9 cm³/mol. The zero-order valence-electron chi connectivity index (χ0n) is 10.3. The second-order valence-electron chi connectivity index (χ2n) is 4.26. The standard InChI is InChI=1S/C13H13BrN2O3/c1-8(17)15-11(13(18)19)7-16-5-4-9-6-10(14)2-3-12(9)16/h2-6,11H,7H2,1H3,(H,15,17)(H,18,19). The van der Waals surface area contributed by atoms with Crippen LogP contribution in [-0.2, 0) is 16.1 Å². The Morgan fingerprint density at radius 2 is 2.16 bits per heavy atom. The summed E-state index contributed by atoms with van der Waals surface area (Å²) in [6.07, 6.45) is 1.81. The molecule has 2 N–H and O–H groups in total. The Bertz CT molecular complexity index is 636. The van der Waals surface area contributed by atoms with Gasteiger partial charge in [-0.1, -0.05) is 15.9 Å². The number of hydrogen-bond acceptors (Lipinski definition) is 2. The molecule has 1 atom stereocenters. The topological polar surface area (TPSA) is 71.3 Å². The third-order valence-corrected chi connectivity index (χ3v) is 3.28. The van der Waals surface area contributed by atoms with Crippen molar-refractivity contribution < 1.29 is 14.7 Å². The van der Waals surface area contributed by atoms with E-state index in [4.69, 9.17) is 5.11 Å². The highest BCUT2D eigenvalue weighted by molar-refractivity contribution is 9.10. The van der Waals surface area contributed by atoms with Gasteiger partial charge in [0.2, 0.25) is 5.91 Å². The normalized spacial score (nSPS) is 12.3. The van der Waals surface area contributed by atoms with Crippen molar-refractivity contribution in [3.63, 3.8) is 0 Å². The second-order valence-corrected chi connectivity index (χ2v) is 5.18. The molecule has 5 nitrogen and oxygen atoms in total. The van der Waals surface area contributed by atoms with Crippen molar-refractivity contribution in [2.24, 2.45) is 0 Å². The van der Waals surface area contributed by atoms with Crippen molar-refractivity contribution in [3.05, 3.63) is 34.9 Å². The largest absolute Gasteiger partial charge is 0.480 e. The number of aromatic nitrogens is 1. The molecular formula is C13H13BrN2O3. The number of carboxylic acids is 1. The van der Waals surface area contributed by atoms with Crippen LogP contribution in [0.25, 0.3) is 10.9 Å². The number of nitrogens with zero attached hydrogens (tertiary/aromatic N) is 1. The van der Waals surface area contributed by atoms with Crippen molar-refractivity contribution >= 4 is 38.7 Å². The van der Waals surface area contributed by atoms with Crippen LogP contribution in [0.15, 0.2) is 34.9 Å². The van der Waals surface area contributed by atoms with E-state index in [0.717, 1.165) is 15.4 Å². The molecule has 0 aliphatic heterocycles. The van der Waals surface area contributed by atoms with Gasteiger partial charge in [0.05, 0.1) is 6.54 Å². The third kappa shape index (κ3) is 3.14. The SMILES string of the molecule is CC(=O)NC(Cn1ccc2cc(Br)ccc21)C(=O)O. The molecule has 1 heterocycles. The Labute approximate surface area is 118 Å². The van der Waals surface area contributed by atoms with Gasteiger partial charge < -0.3 is 15.0 Å². The van der Waals surface area contributed by atoms with E-state index in [-0.39, 0.29) is 12.5 Å². The number of aliphatic carboxylic acids is 1. The molecule has 6 heteroatoms. The summed E-state index contributed by atoms with van der Waals surface area (Å²) in [4.78, 5) is 22.1. The first-order chi connectivity index (χ1) is 8.97. The summed E-state index contributed by atoms with van der Waals surface area (Å²) >= 11 is 3.39. The molecule has 0 fully saturated rings. The van der Waals surface area contributed by atoms with Crippen LogP contribution in [0.4, 0.5) is 0 Å². The van der Waals surface area contributed by atoms with E-state index >= 15 is 0 Å². The average Bonchev–Trinajstić information content (AvgIpc) is 2.70. The quantitative estimate of drug-likeness (QED) is 0.903. The summed E-state index contributed by atoms with van der Waals surface area (Å²) in [6.45, 7) is 1.50. The van der Waals surface area contributed by atoms with Gasteiger partial charge in [0.15, 0.2) is 0 Å². The lowest BCUT2D eigenvalue weighted by Crippen LogP contribution is -2.42. The summed E-state index contributed by atoms with van der Waals surface area (Å²) < 4.78 is 2.78. The summed E-state index contributed by atoms with van der Waals surface area (Å²) in [5.41, 5.74) is 0.930. The van der Waals surface area contributed by atoms with Crippen molar-refractivity contribution in [1.82, 2.24) is 9.88 Å². The number of halogens is 1. The molecule has 0 saturated heterocycles. The Morgan fingerprint density at radius 1 is 1.42 bits per heavy atom. The molecular weight excluding hydrogens is 312 g/mol. The van der Waals surface area contributed by atoms with E-state index in [0.29, 0.717) is 0 Å². The minimum absolute atomic E-state index is 0.194. The molecule has 0 bridgehead atoms. The van der Waals surface area contributed by atoms with E-state index in [1.165, 1.54) is 6.92 Å². The maximum Gasteiger partial charge on any atom is 0.328 e. The van der Waals surface area contributed by atoms with Gasteiger partial charge in [-0.2, -0.15) is 0 Å². The fourth-order valence-electron chi connectivity index (χ4n) is 1.96. The summed E-state index contributed by atoms with van der Waals surface area (Å²) in [6, 6.07) is 6.74. The molecule has 1 aromatic carbocycles. The van der Waals surface area contributed by atoms with Crippen molar-refractivity contribution in [1.29, 1.82) is 0 Å². The monoisotopic (exact) mass is 324 g/mol. The highest BCUT2D eigenvalue weighted by Gasteiger charge is 2.19. The van der Waals surface area contributed by atoms with E-state index in [9.17, 15) is 9.59 Å². The highest BCUT2D eigenvalue weighted by atomic mass is 79.9. The first kappa shape index (κ1) is 13.6. The first-order valence-corrected chi connectivity index (χ1v) is 6.51. The van der Waals surface area contributed by atoms with Gasteiger partial charge in [0.1, 0.15) is 6.04 Å². The molecule has 100 valence electrons. The van der Waals surface area contributed by atoms with Gasteiger partial charge in [0, 0.05) is 28.5 Å². The van der Waals surface area contributed by atoms with Crippen LogP contribution in [0, 0.1) is 0 Å². The molecule has 0 aliphatic carbocycles. The number of amides is 1. The van der Waals surface area contributed by atoms with Crippen LogP contribution in [0.3, 0.4) is 0 Å². The fraction of sp³-hybridized carbons (Fsp3) is 0.231. The van der Waals surface area contributed by atoms with Gasteiger partial charge in [0.25, 0.3) is 0 Å². The molecule has 1 unspecified atom stereocenters. The predicted octanol–water partition coefficient (Wildman–Crippen LogP) is 1.99. The molecule has 19 heavy (non-hydrogen) atoms. The zero-order chi connectivity index (χ0) is 14.0. The molecule has 0 spiro atoms. The Balaban J connectivity index is 2.28. The molecule has 0 saturated carbocycles. The number of fused-ring (bicyclic) bond motifs is 1. The number of nitrogens with one attached hydrogen (secondary N) is 1. The smallest absolute Gasteiger partial charge is 0.328 e. The van der Waals surface area contributed by atoms with Crippen molar-refractivity contribution in [3.8, 4) is 0 Å². The second kappa shape index (κ2) is 5.44. The molecule has 0 radical (unpaired) electrons. The van der Waals surface area contributed by atoms with Crippen molar-refractivity contribution in [2.45, 2.75) is 19.5 Å². The third-order valence-electron chi connectivity index (χ3n) is 2.79. The Morgan fingerprint density at radius 3 is 2.79 bits per heavy atom. The van der Waals surface area contributed by atoms with E-state index in [1.54, 1.807) is 0 Å². The van der Waals surface area contributed by atoms with Gasteiger partial charge in [-0.15, -0.1) is 0 Å². The van der Waals surface area contributed by atoms with E-state index in [2.05, 4.69) is 21.2 Å². The molecule has 2 aromatic rings. The van der Waals surface area contributed by atoms with Gasteiger partial charge in [-0.05, 0) is 24.3 Å². The molecule has 1 aromatic heterocycles. The number of rotatable bonds is 4. The minimum atomic E-state index is -1.05. The maximum atomic E-state index is 11.1. The van der Waals surface area contributed by atoms with E-state index < -0.39 is 12.0 Å². The number of carbonyl (C=O) groups is 2. The first-order valence-electron chi connectivity index (χ1n) is 5.71. The number of carboxylic acid groups (broad SMARTS) is 1. The molecule has 2 rings (SSSR count). The number of hydrogen-bond donors (Lipinski definition) is 2.